The van der Waals surface area contributed by atoms with Gasteiger partial charge in [-0.2, -0.15) is 0 Å². The molecule has 4 heteroatoms. The number of rotatable bonds is 4. The normalized spacial score (nSPS) is 10.3. The van der Waals surface area contributed by atoms with Crippen molar-refractivity contribution >= 4 is 29.0 Å². The highest BCUT2D eigenvalue weighted by Crippen LogP contribution is 2.25. The Hall–Kier alpha value is -1.94. The maximum Gasteiger partial charge on any atom is 0.234 e. The van der Waals surface area contributed by atoms with Crippen LogP contribution in [0.25, 0.3) is 0 Å². The van der Waals surface area contributed by atoms with Crippen molar-refractivity contribution < 1.29 is 4.79 Å². The topological polar surface area (TPSA) is 55.1 Å². The minimum atomic E-state index is -0.0272. The first-order valence-corrected chi connectivity index (χ1v) is 7.38. The van der Waals surface area contributed by atoms with E-state index in [9.17, 15) is 4.79 Å². The zero-order chi connectivity index (χ0) is 14.5. The van der Waals surface area contributed by atoms with Crippen molar-refractivity contribution in [1.82, 2.24) is 0 Å². The van der Waals surface area contributed by atoms with Crippen LogP contribution in [0.4, 0.5) is 11.4 Å². The van der Waals surface area contributed by atoms with Gasteiger partial charge in [-0.1, -0.05) is 18.2 Å². The molecule has 0 heterocycles. The Bertz CT molecular complexity index is 626. The van der Waals surface area contributed by atoms with Crippen molar-refractivity contribution in [1.29, 1.82) is 0 Å². The number of nitrogens with one attached hydrogen (secondary N) is 1. The lowest BCUT2D eigenvalue weighted by molar-refractivity contribution is -0.113. The van der Waals surface area contributed by atoms with Crippen molar-refractivity contribution in [2.45, 2.75) is 18.7 Å². The predicted octanol–water partition coefficient (Wildman–Crippen LogP) is 3.62. The van der Waals surface area contributed by atoms with Gasteiger partial charge in [0.05, 0.1) is 5.75 Å². The standard InChI is InChI=1S/C16H18N2OS/c1-11-4-3-5-13(8-11)18-16(19)10-20-15-7-6-12(2)9-14(15)17/h3-9H,10,17H2,1-2H3,(H,18,19). The third-order valence-corrected chi connectivity index (χ3v) is 3.92. The van der Waals surface area contributed by atoms with E-state index >= 15 is 0 Å². The van der Waals surface area contributed by atoms with E-state index in [4.69, 9.17) is 5.73 Å². The van der Waals surface area contributed by atoms with Crippen LogP contribution < -0.4 is 11.1 Å². The van der Waals surface area contributed by atoms with Crippen molar-refractivity contribution in [3.8, 4) is 0 Å². The average Bonchev–Trinajstić information content (AvgIpc) is 2.37. The van der Waals surface area contributed by atoms with Crippen LogP contribution in [-0.2, 0) is 4.79 Å². The molecule has 20 heavy (non-hydrogen) atoms. The quantitative estimate of drug-likeness (QED) is 0.667. The van der Waals surface area contributed by atoms with E-state index in [0.717, 1.165) is 27.4 Å². The molecule has 0 aliphatic rings. The van der Waals surface area contributed by atoms with Gasteiger partial charge in [-0.05, 0) is 49.2 Å². The molecule has 2 aromatic rings. The smallest absolute Gasteiger partial charge is 0.234 e. The van der Waals surface area contributed by atoms with E-state index in [1.54, 1.807) is 0 Å². The SMILES string of the molecule is Cc1cccc(NC(=O)CSc2ccc(C)cc2N)c1. The van der Waals surface area contributed by atoms with E-state index in [2.05, 4.69) is 5.32 Å². The number of hydrogen-bond donors (Lipinski definition) is 2. The van der Waals surface area contributed by atoms with Gasteiger partial charge in [0.1, 0.15) is 0 Å². The number of thioether (sulfide) groups is 1. The number of carbonyl (C=O) groups excluding carboxylic acids is 1. The van der Waals surface area contributed by atoms with Crippen LogP contribution in [0.15, 0.2) is 47.4 Å². The molecule has 0 aromatic heterocycles. The van der Waals surface area contributed by atoms with Crippen molar-refractivity contribution in [3.05, 3.63) is 53.6 Å². The summed E-state index contributed by atoms with van der Waals surface area (Å²) < 4.78 is 0. The molecule has 3 N–H and O–H groups in total. The molecule has 0 saturated heterocycles. The summed E-state index contributed by atoms with van der Waals surface area (Å²) in [6.45, 7) is 3.99. The van der Waals surface area contributed by atoms with Gasteiger partial charge < -0.3 is 11.1 Å². The van der Waals surface area contributed by atoms with Gasteiger partial charge in [0.2, 0.25) is 5.91 Å². The highest BCUT2D eigenvalue weighted by molar-refractivity contribution is 8.00. The molecule has 1 amide bonds. The van der Waals surface area contributed by atoms with Gasteiger partial charge in [-0.15, -0.1) is 11.8 Å². The highest BCUT2D eigenvalue weighted by atomic mass is 32.2. The summed E-state index contributed by atoms with van der Waals surface area (Å²) in [5.41, 5.74) is 9.72. The number of anilines is 2. The third-order valence-electron chi connectivity index (χ3n) is 2.83. The van der Waals surface area contributed by atoms with Crippen LogP contribution in [0.1, 0.15) is 11.1 Å². The first-order valence-electron chi connectivity index (χ1n) is 6.40. The van der Waals surface area contributed by atoms with E-state index in [0.29, 0.717) is 5.75 Å². The van der Waals surface area contributed by atoms with Gasteiger partial charge in [-0.3, -0.25) is 4.79 Å². The molecule has 0 fully saturated rings. The van der Waals surface area contributed by atoms with E-state index in [-0.39, 0.29) is 5.91 Å². The summed E-state index contributed by atoms with van der Waals surface area (Å²) in [5, 5.41) is 2.88. The molecule has 0 atom stereocenters. The summed E-state index contributed by atoms with van der Waals surface area (Å²) >= 11 is 1.45. The Morgan fingerprint density at radius 1 is 1.15 bits per heavy atom. The van der Waals surface area contributed by atoms with E-state index in [1.807, 2.05) is 56.3 Å². The van der Waals surface area contributed by atoms with Crippen LogP contribution in [0.5, 0.6) is 0 Å². The number of aryl methyl sites for hydroxylation is 2. The fourth-order valence-corrected chi connectivity index (χ4v) is 2.61. The van der Waals surface area contributed by atoms with Crippen LogP contribution in [0.2, 0.25) is 0 Å². The molecule has 0 radical (unpaired) electrons. The van der Waals surface area contributed by atoms with Gasteiger partial charge >= 0.3 is 0 Å². The Kier molecular flexibility index (Phi) is 4.69. The largest absolute Gasteiger partial charge is 0.398 e. The second-order valence-corrected chi connectivity index (χ2v) is 5.76. The van der Waals surface area contributed by atoms with Crippen molar-refractivity contribution in [2.75, 3.05) is 16.8 Å². The van der Waals surface area contributed by atoms with Crippen LogP contribution in [0.3, 0.4) is 0 Å². The van der Waals surface area contributed by atoms with Crippen LogP contribution >= 0.6 is 11.8 Å². The second-order valence-electron chi connectivity index (χ2n) is 4.75. The molecule has 3 nitrogen and oxygen atoms in total. The molecule has 0 unspecified atom stereocenters. The zero-order valence-corrected chi connectivity index (χ0v) is 12.5. The summed E-state index contributed by atoms with van der Waals surface area (Å²) in [6.07, 6.45) is 0. The second kappa shape index (κ2) is 6.48. The molecule has 0 spiro atoms. The number of nitrogens with two attached hydrogens (primary N) is 1. The van der Waals surface area contributed by atoms with Gasteiger partial charge in [0, 0.05) is 16.3 Å². The number of carbonyl (C=O) groups is 1. The predicted molar refractivity (Wildman–Crippen MR) is 86.1 cm³/mol. The molecular weight excluding hydrogens is 268 g/mol. The monoisotopic (exact) mass is 286 g/mol. The molecule has 2 aromatic carbocycles. The molecular formula is C16H18N2OS. The maximum absolute atomic E-state index is 11.9. The molecule has 104 valence electrons. The Balaban J connectivity index is 1.92. The molecule has 0 aliphatic carbocycles. The molecule has 0 bridgehead atoms. The van der Waals surface area contributed by atoms with Crippen molar-refractivity contribution in [3.63, 3.8) is 0 Å². The minimum absolute atomic E-state index is 0.0272. The average molecular weight is 286 g/mol. The maximum atomic E-state index is 11.9. The summed E-state index contributed by atoms with van der Waals surface area (Å²) in [6, 6.07) is 13.6. The Labute approximate surface area is 123 Å². The molecule has 0 saturated carbocycles. The first kappa shape index (κ1) is 14.5. The third kappa shape index (κ3) is 4.03. The number of hydrogen-bond acceptors (Lipinski definition) is 3. The van der Waals surface area contributed by atoms with Crippen LogP contribution in [0, 0.1) is 13.8 Å². The van der Waals surface area contributed by atoms with Gasteiger partial charge in [0.25, 0.3) is 0 Å². The van der Waals surface area contributed by atoms with Gasteiger partial charge in [0.15, 0.2) is 0 Å². The summed E-state index contributed by atoms with van der Waals surface area (Å²) in [4.78, 5) is 12.8. The van der Waals surface area contributed by atoms with Crippen molar-refractivity contribution in [2.24, 2.45) is 0 Å². The van der Waals surface area contributed by atoms with E-state index < -0.39 is 0 Å². The lowest BCUT2D eigenvalue weighted by atomic mass is 10.2. The Morgan fingerprint density at radius 3 is 2.60 bits per heavy atom. The fourth-order valence-electron chi connectivity index (χ4n) is 1.86. The highest BCUT2D eigenvalue weighted by Gasteiger charge is 2.06. The lowest BCUT2D eigenvalue weighted by Gasteiger charge is -2.08. The number of benzene rings is 2. The minimum Gasteiger partial charge on any atom is -0.398 e. The molecule has 0 aliphatic heterocycles. The van der Waals surface area contributed by atoms with E-state index in [1.165, 1.54) is 11.8 Å². The summed E-state index contributed by atoms with van der Waals surface area (Å²) in [7, 11) is 0. The summed E-state index contributed by atoms with van der Waals surface area (Å²) in [5.74, 6) is 0.321. The number of nitrogen functional groups attached to an aromatic ring is 1. The molecule has 2 rings (SSSR count). The zero-order valence-electron chi connectivity index (χ0n) is 11.6. The fraction of sp³-hybridized carbons (Fsp3) is 0.188. The number of amides is 1. The lowest BCUT2D eigenvalue weighted by Crippen LogP contribution is -2.14. The van der Waals surface area contributed by atoms with Crippen LogP contribution in [-0.4, -0.2) is 11.7 Å². The van der Waals surface area contributed by atoms with Gasteiger partial charge in [-0.25, -0.2) is 0 Å². The first-order chi connectivity index (χ1) is 9.54. The Morgan fingerprint density at radius 2 is 1.90 bits per heavy atom.